The number of fused-ring (bicyclic) bond motifs is 18. The third kappa shape index (κ3) is 9.49. The highest BCUT2D eigenvalue weighted by Gasteiger charge is 2.50. The number of hydrogen-bond acceptors (Lipinski definition) is 18. The molecule has 9 aromatic rings. The number of hydrazone groups is 6. The zero-order valence-electron chi connectivity index (χ0n) is 51.2. The van der Waals surface area contributed by atoms with Gasteiger partial charge in [-0.15, -0.1) is 45.6 Å². The standard InChI is InChI=1S/C78H51N18/c1-7-28-55(29-8-1)91-67-46-68-62-43-61(67)79-73(85-91)49-22-19-23-50(40-49)74-81-63-44-64-70(47-69(63)93(87-74)57-32-11-3-12-33-57)94(58-34-13-4-14-35-58)89-77(82-64)53-26-21-27-54(42-53)78-84-66-45-65-71(48-72(66)96(90-78)60-38-17-6-18-39-60)95(59-36-15-5-16-37-59)88-76(83-65)52-25-20-24-51(41-52)75(80-62)86-92(68)56-30-9-2-10-31-56/h1-42,67,69,71H,43-45H2/q+3. The first kappa shape index (κ1) is 54.5. The number of hydrogen-bond donors (Lipinski definition) is 0. The molecule has 18 bridgehead atoms. The van der Waals surface area contributed by atoms with Gasteiger partial charge in [0.15, 0.2) is 17.5 Å². The highest BCUT2D eigenvalue weighted by Crippen LogP contribution is 2.39. The fourth-order valence-corrected chi connectivity index (χ4v) is 13.3. The summed E-state index contributed by atoms with van der Waals surface area (Å²) in [4.78, 5) is 32.7. The molecule has 3 atom stereocenters. The number of amidine groups is 6. The van der Waals surface area contributed by atoms with Crippen LogP contribution in [0.5, 0.6) is 0 Å². The Kier molecular flexibility index (Phi) is 12.6. The number of para-hydroxylation sites is 6. The van der Waals surface area contributed by atoms with Crippen LogP contribution in [-0.4, -0.2) is 87.4 Å². The topological polar surface area (TPSA) is 168 Å². The average molecular weight is 1240 g/mol. The Morgan fingerprint density at radius 1 is 0.240 bits per heavy atom. The SMILES string of the molecule is [C+]1=C2C3=NC(=NN2c2ccccc2)c2cccc(c2)C2=NN(c4ccccc4)C4=[C+]C5C(=NC(=NN5c5ccccc5)c5cccc(c5)C5=NN(c6ccccc6)C6[C+]=C7C(=NC(=NN7c7ccccc7)c7cccc(c7)C7=NN(c8ccccc8)C1C(=N7)C3)CC6=N5)CC4=N2. The fraction of sp³-hybridized carbons (Fsp3) is 0.0769. The van der Waals surface area contributed by atoms with Gasteiger partial charge in [-0.2, -0.15) is 15.0 Å². The lowest BCUT2D eigenvalue weighted by molar-refractivity contribution is 0.801. The molecule has 7 heterocycles. The van der Waals surface area contributed by atoms with E-state index in [0.717, 1.165) is 119 Å². The highest BCUT2D eigenvalue weighted by atomic mass is 15.5. The van der Waals surface area contributed by atoms with Crippen molar-refractivity contribution in [2.75, 3.05) is 30.1 Å². The Balaban J connectivity index is 0.816. The number of allylic oxidation sites excluding steroid dienone is 3. The lowest BCUT2D eigenvalue weighted by Gasteiger charge is -2.32. The number of anilines is 6. The van der Waals surface area contributed by atoms with Crippen LogP contribution >= 0.6 is 0 Å². The maximum Gasteiger partial charge on any atom is 0.309 e. The van der Waals surface area contributed by atoms with E-state index in [-0.39, 0.29) is 0 Å². The van der Waals surface area contributed by atoms with Crippen molar-refractivity contribution >= 4 is 103 Å². The van der Waals surface area contributed by atoms with Crippen LogP contribution in [-0.2, 0) is 0 Å². The van der Waals surface area contributed by atoms with Gasteiger partial charge in [-0.3, -0.25) is 0 Å². The molecule has 0 fully saturated rings. The lowest BCUT2D eigenvalue weighted by atomic mass is 9.92. The molecule has 10 aliphatic rings. The maximum absolute atomic E-state index is 5.47. The molecule has 0 amide bonds. The normalized spacial score (nSPS) is 20.0. The Hall–Kier alpha value is -13.2. The molecule has 0 saturated heterocycles. The minimum atomic E-state index is -0.504. The summed E-state index contributed by atoms with van der Waals surface area (Å²) in [5, 5.41) is 44.1. The molecule has 9 aromatic carbocycles. The molecule has 7 aliphatic heterocycles. The van der Waals surface area contributed by atoms with Gasteiger partial charge in [0, 0.05) is 33.4 Å². The average Bonchev–Trinajstić information content (AvgIpc) is 0.757. The molecule has 96 heavy (non-hydrogen) atoms. The molecule has 0 saturated carbocycles. The highest BCUT2D eigenvalue weighted by molar-refractivity contribution is 6.30. The molecule has 3 unspecified atom stereocenters. The van der Waals surface area contributed by atoms with Crippen molar-refractivity contribution in [3.8, 4) is 0 Å². The van der Waals surface area contributed by atoms with E-state index in [0.29, 0.717) is 54.3 Å². The second-order valence-electron chi connectivity index (χ2n) is 24.0. The molecule has 0 radical (unpaired) electrons. The van der Waals surface area contributed by atoms with E-state index in [4.69, 9.17) is 60.6 Å². The van der Waals surface area contributed by atoms with Crippen LogP contribution in [0.15, 0.2) is 332 Å². The Morgan fingerprint density at radius 3 is 0.719 bits per heavy atom. The molecule has 19 rings (SSSR count). The van der Waals surface area contributed by atoms with E-state index in [1.54, 1.807) is 0 Å². The monoisotopic (exact) mass is 1240 g/mol. The van der Waals surface area contributed by atoms with Gasteiger partial charge in [0.25, 0.3) is 0 Å². The Labute approximate surface area is 552 Å². The van der Waals surface area contributed by atoms with E-state index in [1.165, 1.54) is 0 Å². The van der Waals surface area contributed by atoms with E-state index < -0.39 is 18.1 Å². The molecule has 18 heteroatoms. The summed E-state index contributed by atoms with van der Waals surface area (Å²) in [6.07, 6.45) is 12.7. The summed E-state index contributed by atoms with van der Waals surface area (Å²) >= 11 is 0. The summed E-state index contributed by atoms with van der Waals surface area (Å²) < 4.78 is 0. The van der Waals surface area contributed by atoms with Crippen LogP contribution in [0.4, 0.5) is 34.1 Å². The fourth-order valence-electron chi connectivity index (χ4n) is 13.3. The minimum Gasteiger partial charge on any atom is -0.228 e. The van der Waals surface area contributed by atoms with Crippen molar-refractivity contribution in [1.82, 2.24) is 0 Å². The van der Waals surface area contributed by atoms with Gasteiger partial charge in [0.2, 0.25) is 52.8 Å². The number of benzene rings is 9. The van der Waals surface area contributed by atoms with Crippen LogP contribution in [0.25, 0.3) is 0 Å². The molecule has 0 aromatic heterocycles. The summed E-state index contributed by atoms with van der Waals surface area (Å²) in [6.45, 7) is 0. The predicted molar refractivity (Wildman–Crippen MR) is 382 cm³/mol. The second-order valence-corrected chi connectivity index (χ2v) is 24.0. The molecule has 0 spiro atoms. The van der Waals surface area contributed by atoms with Gasteiger partial charge >= 0.3 is 17.1 Å². The molecular weight excluding hydrogens is 1190 g/mol. The van der Waals surface area contributed by atoms with Crippen molar-refractivity contribution in [3.05, 3.63) is 323 Å². The zero-order chi connectivity index (χ0) is 63.2. The summed E-state index contributed by atoms with van der Waals surface area (Å²) in [5.41, 5.74) is 16.7. The van der Waals surface area contributed by atoms with Gasteiger partial charge in [0.05, 0.1) is 34.1 Å². The van der Waals surface area contributed by atoms with Crippen LogP contribution in [0, 0.1) is 18.2 Å². The van der Waals surface area contributed by atoms with E-state index in [1.807, 2.05) is 230 Å². The van der Waals surface area contributed by atoms with Crippen molar-refractivity contribution in [2.24, 2.45) is 60.6 Å². The van der Waals surface area contributed by atoms with Crippen LogP contribution in [0.3, 0.4) is 0 Å². The second kappa shape index (κ2) is 22.3. The van der Waals surface area contributed by atoms with Gasteiger partial charge in [-0.1, -0.05) is 164 Å². The minimum absolute atomic E-state index is 0.371. The van der Waals surface area contributed by atoms with Crippen molar-refractivity contribution < 1.29 is 0 Å². The van der Waals surface area contributed by atoms with Crippen molar-refractivity contribution in [1.29, 1.82) is 0 Å². The lowest BCUT2D eigenvalue weighted by Crippen LogP contribution is -2.48. The van der Waals surface area contributed by atoms with Gasteiger partial charge in [-0.05, 0) is 91.0 Å². The number of nitrogens with zero attached hydrogens (tertiary/aromatic N) is 18. The third-order valence-electron chi connectivity index (χ3n) is 17.9. The predicted octanol–water partition coefficient (Wildman–Crippen LogP) is 13.2. The van der Waals surface area contributed by atoms with Gasteiger partial charge < -0.3 is 0 Å². The Bertz CT molecular complexity index is 5230. The summed E-state index contributed by atoms with van der Waals surface area (Å²) in [6, 6.07) is 83.8. The first-order chi connectivity index (χ1) is 47.5. The first-order valence-corrected chi connectivity index (χ1v) is 31.8. The summed E-state index contributed by atoms with van der Waals surface area (Å²) in [7, 11) is 0. The van der Waals surface area contributed by atoms with Crippen LogP contribution in [0.1, 0.15) is 52.6 Å². The summed E-state index contributed by atoms with van der Waals surface area (Å²) in [5.74, 6) is 3.06. The number of aliphatic imine (C=N–C) groups is 6. The Morgan fingerprint density at radius 2 is 0.469 bits per heavy atom. The van der Waals surface area contributed by atoms with Crippen LogP contribution in [0.2, 0.25) is 0 Å². The zero-order valence-corrected chi connectivity index (χ0v) is 51.2. The largest absolute Gasteiger partial charge is 0.309 e. The van der Waals surface area contributed by atoms with Crippen LogP contribution < -0.4 is 30.1 Å². The van der Waals surface area contributed by atoms with Crippen molar-refractivity contribution in [3.63, 3.8) is 0 Å². The third-order valence-corrected chi connectivity index (χ3v) is 17.9. The van der Waals surface area contributed by atoms with E-state index >= 15 is 0 Å². The maximum atomic E-state index is 5.47. The molecule has 18 nitrogen and oxygen atoms in total. The quantitative estimate of drug-likeness (QED) is 0.150. The van der Waals surface area contributed by atoms with E-state index in [2.05, 4.69) is 72.8 Å². The first-order valence-electron chi connectivity index (χ1n) is 31.8. The number of rotatable bonds is 6. The molecule has 450 valence electrons. The molecular formula is C78H51N18+3. The molecule has 3 aliphatic carbocycles. The van der Waals surface area contributed by atoms with E-state index in [9.17, 15) is 0 Å². The molecule has 0 N–H and O–H groups in total. The van der Waals surface area contributed by atoms with Crippen molar-refractivity contribution in [2.45, 2.75) is 37.4 Å². The van der Waals surface area contributed by atoms with Gasteiger partial charge in [-0.25, -0.2) is 30.0 Å². The smallest absolute Gasteiger partial charge is 0.228 e. The van der Waals surface area contributed by atoms with Gasteiger partial charge in [0.1, 0.15) is 54.6 Å².